The second-order valence-corrected chi connectivity index (χ2v) is 5.72. The lowest BCUT2D eigenvalue weighted by molar-refractivity contribution is -0.140. The normalized spacial score (nSPS) is 17.6. The van der Waals surface area contributed by atoms with Gasteiger partial charge in [0, 0.05) is 18.7 Å². The third-order valence-electron chi connectivity index (χ3n) is 3.99. The molecule has 0 radical (unpaired) electrons. The Hall–Kier alpha value is -2.37. The van der Waals surface area contributed by atoms with Crippen LogP contribution in [0.5, 0.6) is 0 Å². The highest BCUT2D eigenvalue weighted by Crippen LogP contribution is 2.20. The van der Waals surface area contributed by atoms with Gasteiger partial charge in [-0.2, -0.15) is 0 Å². The molecule has 1 heterocycles. The van der Waals surface area contributed by atoms with Crippen LogP contribution < -0.4 is 5.32 Å². The molecule has 2 rings (SSSR count). The van der Waals surface area contributed by atoms with Crippen LogP contribution >= 0.6 is 0 Å². The van der Waals surface area contributed by atoms with E-state index in [1.807, 2.05) is 6.92 Å². The molecular weight excluding hydrogens is 296 g/mol. The molecule has 0 aliphatic carbocycles. The molecule has 23 heavy (non-hydrogen) atoms. The molecule has 1 aliphatic rings. The van der Waals surface area contributed by atoms with Crippen molar-refractivity contribution in [3.8, 4) is 0 Å². The molecule has 1 saturated heterocycles. The lowest BCUT2D eigenvalue weighted by Crippen LogP contribution is -2.49. The number of aromatic carboxylic acids is 1. The zero-order chi connectivity index (χ0) is 16.8. The summed E-state index contributed by atoms with van der Waals surface area (Å²) in [4.78, 5) is 37.2. The van der Waals surface area contributed by atoms with Crippen molar-refractivity contribution in [1.29, 1.82) is 0 Å². The maximum absolute atomic E-state index is 12.5. The van der Waals surface area contributed by atoms with Crippen molar-refractivity contribution in [3.63, 3.8) is 0 Å². The minimum Gasteiger partial charge on any atom is -0.478 e. The van der Waals surface area contributed by atoms with E-state index in [0.29, 0.717) is 25.1 Å². The third-order valence-corrected chi connectivity index (χ3v) is 3.99. The van der Waals surface area contributed by atoms with Gasteiger partial charge >= 0.3 is 5.97 Å². The number of nitrogens with one attached hydrogen (secondary N) is 1. The van der Waals surface area contributed by atoms with Crippen molar-refractivity contribution in [1.82, 2.24) is 4.90 Å². The zero-order valence-corrected chi connectivity index (χ0v) is 13.2. The quantitative estimate of drug-likeness (QED) is 0.873. The summed E-state index contributed by atoms with van der Waals surface area (Å²) >= 11 is 0. The number of piperidine rings is 1. The van der Waals surface area contributed by atoms with E-state index in [0.717, 1.165) is 19.3 Å². The molecule has 1 aromatic carbocycles. The average molecular weight is 318 g/mol. The number of anilines is 1. The molecule has 6 nitrogen and oxygen atoms in total. The van der Waals surface area contributed by atoms with Crippen LogP contribution in [-0.4, -0.2) is 40.4 Å². The minimum atomic E-state index is -1.01. The van der Waals surface area contributed by atoms with Crippen molar-refractivity contribution in [3.05, 3.63) is 29.8 Å². The number of likely N-dealkylation sites (tertiary alicyclic amines) is 1. The fraction of sp³-hybridized carbons (Fsp3) is 0.471. The number of nitrogens with zero attached hydrogens (tertiary/aromatic N) is 1. The Kier molecular flexibility index (Phi) is 5.73. The zero-order valence-electron chi connectivity index (χ0n) is 13.2. The predicted molar refractivity (Wildman–Crippen MR) is 86.3 cm³/mol. The number of carbonyl (C=O) groups excluding carboxylic acids is 2. The van der Waals surface area contributed by atoms with Crippen LogP contribution in [0, 0.1) is 0 Å². The van der Waals surface area contributed by atoms with E-state index >= 15 is 0 Å². The van der Waals surface area contributed by atoms with Crippen LogP contribution in [0.25, 0.3) is 0 Å². The van der Waals surface area contributed by atoms with E-state index < -0.39 is 12.0 Å². The van der Waals surface area contributed by atoms with Gasteiger partial charge < -0.3 is 15.3 Å². The summed E-state index contributed by atoms with van der Waals surface area (Å²) in [7, 11) is 0. The molecular formula is C17H22N2O4. The summed E-state index contributed by atoms with van der Waals surface area (Å²) in [5.74, 6) is -1.20. The van der Waals surface area contributed by atoms with Crippen LogP contribution in [0.15, 0.2) is 24.3 Å². The molecule has 6 heteroatoms. The predicted octanol–water partition coefficient (Wildman–Crippen LogP) is 2.50. The average Bonchev–Trinajstić information content (AvgIpc) is 2.55. The first-order chi connectivity index (χ1) is 11.0. The van der Waals surface area contributed by atoms with E-state index in [4.69, 9.17) is 5.11 Å². The SMILES string of the molecule is CCCC(=O)N1CCCCC1C(=O)Nc1ccc(C(=O)O)cc1. The highest BCUT2D eigenvalue weighted by molar-refractivity contribution is 5.97. The second kappa shape index (κ2) is 7.76. The van der Waals surface area contributed by atoms with Gasteiger partial charge in [-0.3, -0.25) is 9.59 Å². The molecule has 2 amide bonds. The molecule has 1 fully saturated rings. The molecule has 1 unspecified atom stereocenters. The Balaban J connectivity index is 2.05. The van der Waals surface area contributed by atoms with Crippen molar-refractivity contribution in [2.75, 3.05) is 11.9 Å². The Bertz CT molecular complexity index is 583. The molecule has 0 spiro atoms. The van der Waals surface area contributed by atoms with Crippen LogP contribution in [-0.2, 0) is 9.59 Å². The van der Waals surface area contributed by atoms with Gasteiger partial charge in [-0.15, -0.1) is 0 Å². The lowest BCUT2D eigenvalue weighted by Gasteiger charge is -2.34. The van der Waals surface area contributed by atoms with E-state index in [1.165, 1.54) is 12.1 Å². The summed E-state index contributed by atoms with van der Waals surface area (Å²) in [5, 5.41) is 11.7. The van der Waals surface area contributed by atoms with E-state index in [1.54, 1.807) is 17.0 Å². The van der Waals surface area contributed by atoms with Gasteiger partial charge in [0.25, 0.3) is 0 Å². The van der Waals surface area contributed by atoms with E-state index in [9.17, 15) is 14.4 Å². The van der Waals surface area contributed by atoms with Crippen LogP contribution in [0.1, 0.15) is 49.4 Å². The highest BCUT2D eigenvalue weighted by Gasteiger charge is 2.31. The first kappa shape index (κ1) is 17.0. The fourth-order valence-electron chi connectivity index (χ4n) is 2.78. The van der Waals surface area contributed by atoms with Crippen molar-refractivity contribution < 1.29 is 19.5 Å². The van der Waals surface area contributed by atoms with Gasteiger partial charge in [0.2, 0.25) is 11.8 Å². The Morgan fingerprint density at radius 3 is 2.52 bits per heavy atom. The summed E-state index contributed by atoms with van der Waals surface area (Å²) < 4.78 is 0. The molecule has 1 atom stereocenters. The van der Waals surface area contributed by atoms with Crippen molar-refractivity contribution in [2.45, 2.75) is 45.1 Å². The summed E-state index contributed by atoms with van der Waals surface area (Å²) in [5.41, 5.74) is 0.703. The number of benzene rings is 1. The highest BCUT2D eigenvalue weighted by atomic mass is 16.4. The monoisotopic (exact) mass is 318 g/mol. The van der Waals surface area contributed by atoms with E-state index in [-0.39, 0.29) is 17.4 Å². The van der Waals surface area contributed by atoms with Crippen LogP contribution in [0.3, 0.4) is 0 Å². The standard InChI is InChI=1S/C17H22N2O4/c1-2-5-15(20)19-11-4-3-6-14(19)16(21)18-13-9-7-12(8-10-13)17(22)23/h7-10,14H,2-6,11H2,1H3,(H,18,21)(H,22,23). The summed E-state index contributed by atoms with van der Waals surface area (Å²) in [6.45, 7) is 2.57. The molecule has 1 aromatic rings. The van der Waals surface area contributed by atoms with Gasteiger partial charge in [0.05, 0.1) is 5.56 Å². The molecule has 0 aromatic heterocycles. The number of hydrogen-bond acceptors (Lipinski definition) is 3. The Morgan fingerprint density at radius 2 is 1.91 bits per heavy atom. The lowest BCUT2D eigenvalue weighted by atomic mass is 10.0. The molecule has 124 valence electrons. The number of carbonyl (C=O) groups is 3. The Labute approximate surface area is 135 Å². The molecule has 0 bridgehead atoms. The van der Waals surface area contributed by atoms with Crippen molar-refractivity contribution >= 4 is 23.5 Å². The number of rotatable bonds is 5. The second-order valence-electron chi connectivity index (χ2n) is 5.72. The number of carboxylic acid groups (broad SMARTS) is 1. The molecule has 0 saturated carbocycles. The maximum atomic E-state index is 12.5. The fourth-order valence-corrected chi connectivity index (χ4v) is 2.78. The van der Waals surface area contributed by atoms with Gasteiger partial charge in [0.1, 0.15) is 6.04 Å². The van der Waals surface area contributed by atoms with Crippen LogP contribution in [0.4, 0.5) is 5.69 Å². The van der Waals surface area contributed by atoms with Gasteiger partial charge in [-0.05, 0) is 49.9 Å². The van der Waals surface area contributed by atoms with Gasteiger partial charge in [0.15, 0.2) is 0 Å². The van der Waals surface area contributed by atoms with Gasteiger partial charge in [-0.25, -0.2) is 4.79 Å². The first-order valence-corrected chi connectivity index (χ1v) is 7.96. The topological polar surface area (TPSA) is 86.7 Å². The third kappa shape index (κ3) is 4.31. The minimum absolute atomic E-state index is 0.0218. The number of amides is 2. The smallest absolute Gasteiger partial charge is 0.335 e. The van der Waals surface area contributed by atoms with Crippen molar-refractivity contribution in [2.24, 2.45) is 0 Å². The molecule has 2 N–H and O–H groups in total. The van der Waals surface area contributed by atoms with E-state index in [2.05, 4.69) is 5.32 Å². The summed E-state index contributed by atoms with van der Waals surface area (Å²) in [6, 6.07) is 5.56. The first-order valence-electron chi connectivity index (χ1n) is 7.96. The molecule has 1 aliphatic heterocycles. The van der Waals surface area contributed by atoms with Gasteiger partial charge in [-0.1, -0.05) is 6.92 Å². The Morgan fingerprint density at radius 1 is 1.22 bits per heavy atom. The number of hydrogen-bond donors (Lipinski definition) is 2. The number of carboxylic acids is 1. The largest absolute Gasteiger partial charge is 0.478 e. The summed E-state index contributed by atoms with van der Waals surface area (Å²) in [6.07, 6.45) is 3.73. The maximum Gasteiger partial charge on any atom is 0.335 e. The van der Waals surface area contributed by atoms with Crippen LogP contribution in [0.2, 0.25) is 0 Å².